The Morgan fingerprint density at radius 2 is 1.92 bits per heavy atom. The summed E-state index contributed by atoms with van der Waals surface area (Å²) in [5.41, 5.74) is 0.371. The van der Waals surface area contributed by atoms with Crippen LogP contribution in [0.1, 0.15) is 29.1 Å². The maximum Gasteiger partial charge on any atom is 0.253 e. The van der Waals surface area contributed by atoms with Crippen molar-refractivity contribution in [2.45, 2.75) is 26.3 Å². The van der Waals surface area contributed by atoms with Gasteiger partial charge in [-0.15, -0.1) is 11.3 Å². The number of benzene rings is 1. The topological polar surface area (TPSA) is 58.2 Å². The third kappa shape index (κ3) is 5.08. The third-order valence-electron chi connectivity index (χ3n) is 3.60. The molecule has 2 rings (SSSR count). The number of halogens is 1. The summed E-state index contributed by atoms with van der Waals surface area (Å²) in [5, 5.41) is 8.06. The van der Waals surface area contributed by atoms with Crippen LogP contribution in [0.25, 0.3) is 0 Å². The lowest BCUT2D eigenvalue weighted by Crippen LogP contribution is -2.50. The molecule has 2 amide bonds. The highest BCUT2D eigenvalue weighted by atomic mass is 35.5. The lowest BCUT2D eigenvalue weighted by Gasteiger charge is -2.22. The number of amides is 2. The first-order valence-electron chi connectivity index (χ1n) is 7.84. The zero-order chi connectivity index (χ0) is 17.5. The highest BCUT2D eigenvalue weighted by molar-refractivity contribution is 7.09. The number of hydrogen-bond acceptors (Lipinski definition) is 3. The molecule has 0 fully saturated rings. The molecule has 1 aromatic heterocycles. The monoisotopic (exact) mass is 364 g/mol. The van der Waals surface area contributed by atoms with Crippen molar-refractivity contribution in [1.29, 1.82) is 0 Å². The molecule has 4 nitrogen and oxygen atoms in total. The second-order valence-electron chi connectivity index (χ2n) is 5.80. The maximum absolute atomic E-state index is 12.4. The minimum atomic E-state index is -0.600. The molecular formula is C18H21ClN2O2S. The summed E-state index contributed by atoms with van der Waals surface area (Å²) in [7, 11) is 0. The van der Waals surface area contributed by atoms with Gasteiger partial charge in [0.25, 0.3) is 5.91 Å². The maximum atomic E-state index is 12.4. The van der Waals surface area contributed by atoms with Gasteiger partial charge in [-0.25, -0.2) is 0 Å². The Morgan fingerprint density at radius 3 is 2.54 bits per heavy atom. The van der Waals surface area contributed by atoms with E-state index < -0.39 is 6.04 Å². The zero-order valence-electron chi connectivity index (χ0n) is 13.7. The zero-order valence-corrected chi connectivity index (χ0v) is 15.3. The number of hydrogen-bond donors (Lipinski definition) is 2. The Bertz CT molecular complexity index is 686. The van der Waals surface area contributed by atoms with Crippen molar-refractivity contribution >= 4 is 34.8 Å². The lowest BCUT2D eigenvalue weighted by atomic mass is 10.0. The van der Waals surface area contributed by atoms with Crippen LogP contribution in [-0.2, 0) is 11.2 Å². The van der Waals surface area contributed by atoms with Gasteiger partial charge in [0, 0.05) is 11.4 Å². The molecule has 0 aliphatic rings. The van der Waals surface area contributed by atoms with Crippen molar-refractivity contribution in [1.82, 2.24) is 10.6 Å². The van der Waals surface area contributed by atoms with Crippen molar-refractivity contribution in [3.63, 3.8) is 0 Å². The second kappa shape index (κ2) is 8.85. The molecule has 128 valence electrons. The molecule has 0 aliphatic heterocycles. The van der Waals surface area contributed by atoms with E-state index >= 15 is 0 Å². The second-order valence-corrected chi connectivity index (χ2v) is 7.23. The number of carbonyl (C=O) groups excluding carboxylic acids is 2. The summed E-state index contributed by atoms with van der Waals surface area (Å²) in [6.07, 6.45) is 0.784. The van der Waals surface area contributed by atoms with E-state index in [9.17, 15) is 9.59 Å². The summed E-state index contributed by atoms with van der Waals surface area (Å²) >= 11 is 7.71. The van der Waals surface area contributed by atoms with E-state index in [0.29, 0.717) is 17.1 Å². The summed E-state index contributed by atoms with van der Waals surface area (Å²) < 4.78 is 0. The molecule has 1 unspecified atom stereocenters. The van der Waals surface area contributed by atoms with Crippen molar-refractivity contribution in [3.8, 4) is 0 Å². The van der Waals surface area contributed by atoms with Crippen molar-refractivity contribution in [2.24, 2.45) is 5.92 Å². The first kappa shape index (κ1) is 18.5. The summed E-state index contributed by atoms with van der Waals surface area (Å²) in [6, 6.07) is 10.2. The van der Waals surface area contributed by atoms with Crippen LogP contribution in [0.5, 0.6) is 0 Å². The van der Waals surface area contributed by atoms with Crippen molar-refractivity contribution < 1.29 is 9.59 Å². The molecule has 0 saturated carbocycles. The van der Waals surface area contributed by atoms with Gasteiger partial charge in [0.05, 0.1) is 10.6 Å². The van der Waals surface area contributed by atoms with Gasteiger partial charge in [0.2, 0.25) is 5.91 Å². The molecular weight excluding hydrogens is 344 g/mol. The van der Waals surface area contributed by atoms with E-state index in [-0.39, 0.29) is 17.7 Å². The molecule has 1 heterocycles. The van der Waals surface area contributed by atoms with Gasteiger partial charge in [-0.3, -0.25) is 9.59 Å². The Labute approximate surface area is 151 Å². The Kier molecular flexibility index (Phi) is 6.82. The Morgan fingerprint density at radius 1 is 1.17 bits per heavy atom. The highest BCUT2D eigenvalue weighted by Crippen LogP contribution is 2.15. The first-order valence-corrected chi connectivity index (χ1v) is 9.10. The van der Waals surface area contributed by atoms with E-state index in [1.807, 2.05) is 31.4 Å². The van der Waals surface area contributed by atoms with Gasteiger partial charge in [-0.05, 0) is 35.9 Å². The average molecular weight is 365 g/mol. The largest absolute Gasteiger partial charge is 0.354 e. The first-order chi connectivity index (χ1) is 11.5. The number of nitrogens with one attached hydrogen (secondary N) is 2. The fraction of sp³-hybridized carbons (Fsp3) is 0.333. The van der Waals surface area contributed by atoms with Crippen LogP contribution in [0.4, 0.5) is 0 Å². The summed E-state index contributed by atoms with van der Waals surface area (Å²) in [4.78, 5) is 26.0. The third-order valence-corrected chi connectivity index (χ3v) is 4.87. The van der Waals surface area contributed by atoms with Gasteiger partial charge >= 0.3 is 0 Å². The average Bonchev–Trinajstić information content (AvgIpc) is 3.05. The molecule has 6 heteroatoms. The van der Waals surface area contributed by atoms with Crippen LogP contribution in [-0.4, -0.2) is 24.4 Å². The number of rotatable bonds is 7. The molecule has 24 heavy (non-hydrogen) atoms. The van der Waals surface area contributed by atoms with Gasteiger partial charge in [-0.2, -0.15) is 0 Å². The molecule has 0 radical (unpaired) electrons. The van der Waals surface area contributed by atoms with E-state index in [4.69, 9.17) is 11.6 Å². The molecule has 0 aliphatic carbocycles. The molecule has 2 aromatic rings. The predicted molar refractivity (Wildman–Crippen MR) is 98.6 cm³/mol. The van der Waals surface area contributed by atoms with Crippen LogP contribution in [0.15, 0.2) is 41.8 Å². The van der Waals surface area contributed by atoms with Crippen LogP contribution < -0.4 is 10.6 Å². The van der Waals surface area contributed by atoms with Crippen LogP contribution in [0.2, 0.25) is 5.02 Å². The normalized spacial score (nSPS) is 12.0. The van der Waals surface area contributed by atoms with Crippen molar-refractivity contribution in [2.75, 3.05) is 6.54 Å². The molecule has 1 aromatic carbocycles. The Balaban J connectivity index is 1.94. The van der Waals surface area contributed by atoms with Crippen LogP contribution in [0, 0.1) is 5.92 Å². The van der Waals surface area contributed by atoms with Crippen LogP contribution >= 0.6 is 22.9 Å². The highest BCUT2D eigenvalue weighted by Gasteiger charge is 2.25. The molecule has 0 saturated heterocycles. The van der Waals surface area contributed by atoms with Gasteiger partial charge in [0.1, 0.15) is 6.04 Å². The SMILES string of the molecule is CC(C)C(NC(=O)c1ccccc1Cl)C(=O)NCCc1cccs1. The fourth-order valence-electron chi connectivity index (χ4n) is 2.27. The minimum Gasteiger partial charge on any atom is -0.354 e. The summed E-state index contributed by atoms with van der Waals surface area (Å²) in [5.74, 6) is -0.548. The Hall–Kier alpha value is -1.85. The van der Waals surface area contributed by atoms with Gasteiger partial charge in [0.15, 0.2) is 0 Å². The van der Waals surface area contributed by atoms with E-state index in [1.165, 1.54) is 4.88 Å². The number of thiophene rings is 1. The molecule has 2 N–H and O–H groups in total. The van der Waals surface area contributed by atoms with E-state index in [2.05, 4.69) is 10.6 Å². The lowest BCUT2D eigenvalue weighted by molar-refractivity contribution is -0.123. The standard InChI is InChI=1S/C18H21ClN2O2S/c1-12(2)16(18(23)20-10-9-13-6-5-11-24-13)21-17(22)14-7-3-4-8-15(14)19/h3-8,11-12,16H,9-10H2,1-2H3,(H,20,23)(H,21,22). The summed E-state index contributed by atoms with van der Waals surface area (Å²) in [6.45, 7) is 4.34. The van der Waals surface area contributed by atoms with E-state index in [1.54, 1.807) is 35.6 Å². The smallest absolute Gasteiger partial charge is 0.253 e. The van der Waals surface area contributed by atoms with Crippen LogP contribution in [0.3, 0.4) is 0 Å². The molecule has 1 atom stereocenters. The van der Waals surface area contributed by atoms with E-state index in [0.717, 1.165) is 6.42 Å². The fourth-order valence-corrected chi connectivity index (χ4v) is 3.20. The van der Waals surface area contributed by atoms with Gasteiger partial charge < -0.3 is 10.6 Å². The van der Waals surface area contributed by atoms with Gasteiger partial charge in [-0.1, -0.05) is 43.6 Å². The quantitative estimate of drug-likeness (QED) is 0.789. The molecule has 0 spiro atoms. The minimum absolute atomic E-state index is 0.0295. The molecule has 0 bridgehead atoms. The number of carbonyl (C=O) groups is 2. The van der Waals surface area contributed by atoms with Crippen molar-refractivity contribution in [3.05, 3.63) is 57.2 Å². The predicted octanol–water partition coefficient (Wildman–Crippen LogP) is 3.51.